The van der Waals surface area contributed by atoms with Crippen molar-refractivity contribution in [1.82, 2.24) is 10.2 Å². The van der Waals surface area contributed by atoms with Crippen molar-refractivity contribution in [3.63, 3.8) is 0 Å². The molecule has 2 rings (SSSR count). The van der Waals surface area contributed by atoms with Gasteiger partial charge in [-0.05, 0) is 56.4 Å². The van der Waals surface area contributed by atoms with Crippen molar-refractivity contribution in [2.45, 2.75) is 58.9 Å². The zero-order valence-electron chi connectivity index (χ0n) is 20.9. The van der Waals surface area contributed by atoms with Crippen LogP contribution in [0.4, 0.5) is 5.69 Å². The number of carbonyl (C=O) groups is 3. The van der Waals surface area contributed by atoms with Gasteiger partial charge in [0, 0.05) is 43.3 Å². The van der Waals surface area contributed by atoms with Crippen LogP contribution >= 0.6 is 0 Å². The second-order valence-electron chi connectivity index (χ2n) is 9.20. The van der Waals surface area contributed by atoms with Gasteiger partial charge in [0.05, 0.1) is 32.8 Å². The predicted octanol–water partition coefficient (Wildman–Crippen LogP) is 3.27. The minimum atomic E-state index is -0.131. The van der Waals surface area contributed by atoms with Crippen molar-refractivity contribution in [2.75, 3.05) is 51.4 Å². The lowest BCUT2D eigenvalue weighted by atomic mass is 10.0. The minimum Gasteiger partial charge on any atom is -0.379 e. The fraction of sp³-hybridized carbons (Fsp3) is 0.654. The number of hydrogen-bond donors (Lipinski definition) is 2. The summed E-state index contributed by atoms with van der Waals surface area (Å²) in [6.45, 7) is 10.1. The molecule has 1 aromatic carbocycles. The van der Waals surface area contributed by atoms with Gasteiger partial charge in [-0.2, -0.15) is 0 Å². The highest BCUT2D eigenvalue weighted by molar-refractivity contribution is 5.95. The van der Waals surface area contributed by atoms with Gasteiger partial charge in [-0.15, -0.1) is 0 Å². The molecular formula is C26H41N3O5. The van der Waals surface area contributed by atoms with Crippen LogP contribution in [0.1, 0.15) is 63.2 Å². The molecule has 0 aromatic heterocycles. The molecule has 0 atom stereocenters. The molecule has 0 bridgehead atoms. The van der Waals surface area contributed by atoms with Crippen LogP contribution in [0.25, 0.3) is 0 Å². The molecule has 2 N–H and O–H groups in total. The van der Waals surface area contributed by atoms with Gasteiger partial charge in [0.25, 0.3) is 0 Å². The summed E-state index contributed by atoms with van der Waals surface area (Å²) in [5.41, 5.74) is 1.28. The molecule has 1 saturated heterocycles. The highest BCUT2D eigenvalue weighted by Crippen LogP contribution is 2.14. The quantitative estimate of drug-likeness (QED) is 0.299. The first kappa shape index (κ1) is 28.0. The molecule has 1 aromatic rings. The number of carbonyl (C=O) groups excluding carboxylic acids is 3. The number of ketones is 1. The molecule has 0 saturated carbocycles. The van der Waals surface area contributed by atoms with Crippen molar-refractivity contribution in [1.29, 1.82) is 0 Å². The summed E-state index contributed by atoms with van der Waals surface area (Å²) in [4.78, 5) is 37.4. The summed E-state index contributed by atoms with van der Waals surface area (Å²) in [5.74, 6) is 0.719. The summed E-state index contributed by atoms with van der Waals surface area (Å²) in [5, 5.41) is 6.29. The Morgan fingerprint density at radius 3 is 2.24 bits per heavy atom. The normalized spacial score (nSPS) is 14.4. The van der Waals surface area contributed by atoms with Gasteiger partial charge >= 0.3 is 0 Å². The average Bonchev–Trinajstić information content (AvgIpc) is 2.82. The van der Waals surface area contributed by atoms with Crippen molar-refractivity contribution in [3.8, 4) is 0 Å². The minimum absolute atomic E-state index is 0.00445. The molecule has 8 nitrogen and oxygen atoms in total. The Balaban J connectivity index is 1.42. The van der Waals surface area contributed by atoms with Gasteiger partial charge in [0.1, 0.15) is 0 Å². The standard InChI is InChI=1S/C26H41N3O5/c1-20(2)4-9-26(32)29-14-10-23(11-15-29)27-13-17-34-19-18-33-16-12-25(31)28-24-7-5-22(6-8-24)21(3)30/h5-8,20,23,27H,4,9-19H2,1-3H3,(H,28,31). The van der Waals surface area contributed by atoms with E-state index in [1.807, 2.05) is 4.90 Å². The number of nitrogens with zero attached hydrogens (tertiary/aromatic N) is 1. The van der Waals surface area contributed by atoms with Crippen molar-refractivity contribution >= 4 is 23.3 Å². The van der Waals surface area contributed by atoms with E-state index < -0.39 is 0 Å². The molecule has 0 aliphatic carbocycles. The molecule has 8 heteroatoms. The number of amides is 2. The molecule has 1 fully saturated rings. The molecule has 0 radical (unpaired) electrons. The molecule has 1 aliphatic rings. The summed E-state index contributed by atoms with van der Waals surface area (Å²) < 4.78 is 11.1. The summed E-state index contributed by atoms with van der Waals surface area (Å²) >= 11 is 0. The van der Waals surface area contributed by atoms with Crippen LogP contribution in [0.5, 0.6) is 0 Å². The van der Waals surface area contributed by atoms with Crippen LogP contribution in [0.2, 0.25) is 0 Å². The second kappa shape index (κ2) is 15.6. The molecular weight excluding hydrogens is 434 g/mol. The topological polar surface area (TPSA) is 97.0 Å². The first-order valence-corrected chi connectivity index (χ1v) is 12.4. The lowest BCUT2D eigenvalue weighted by molar-refractivity contribution is -0.132. The molecule has 0 unspecified atom stereocenters. The third-order valence-corrected chi connectivity index (χ3v) is 5.88. The van der Waals surface area contributed by atoms with Crippen LogP contribution in [0, 0.1) is 5.92 Å². The van der Waals surface area contributed by atoms with Crippen LogP contribution < -0.4 is 10.6 Å². The Labute approximate surface area is 203 Å². The highest BCUT2D eigenvalue weighted by Gasteiger charge is 2.22. The number of nitrogens with one attached hydrogen (secondary N) is 2. The Bertz CT molecular complexity index is 758. The second-order valence-corrected chi connectivity index (χ2v) is 9.20. The fourth-order valence-corrected chi connectivity index (χ4v) is 3.74. The summed E-state index contributed by atoms with van der Waals surface area (Å²) in [6.07, 6.45) is 3.85. The fourth-order valence-electron chi connectivity index (χ4n) is 3.74. The van der Waals surface area contributed by atoms with Gasteiger partial charge in [-0.3, -0.25) is 14.4 Å². The lowest BCUT2D eigenvalue weighted by Crippen LogP contribution is -2.45. The molecule has 1 aliphatic heterocycles. The van der Waals surface area contributed by atoms with E-state index in [-0.39, 0.29) is 24.0 Å². The number of hydrogen-bond acceptors (Lipinski definition) is 6. The predicted molar refractivity (Wildman–Crippen MR) is 133 cm³/mol. The van der Waals surface area contributed by atoms with Gasteiger partial charge in [-0.1, -0.05) is 13.8 Å². The zero-order chi connectivity index (χ0) is 24.8. The van der Waals surface area contributed by atoms with Crippen molar-refractivity contribution in [2.24, 2.45) is 5.92 Å². The third kappa shape index (κ3) is 11.2. The van der Waals surface area contributed by atoms with Crippen LogP contribution in [0.3, 0.4) is 0 Å². The smallest absolute Gasteiger partial charge is 0.226 e. The maximum atomic E-state index is 12.2. The van der Waals surface area contributed by atoms with E-state index in [0.29, 0.717) is 56.1 Å². The third-order valence-electron chi connectivity index (χ3n) is 5.88. The van der Waals surface area contributed by atoms with E-state index in [4.69, 9.17) is 9.47 Å². The van der Waals surface area contributed by atoms with E-state index >= 15 is 0 Å². The van der Waals surface area contributed by atoms with E-state index in [1.165, 1.54) is 6.92 Å². The number of rotatable bonds is 15. The molecule has 0 spiro atoms. The Kier molecular flexibility index (Phi) is 12.8. The Morgan fingerprint density at radius 2 is 1.62 bits per heavy atom. The van der Waals surface area contributed by atoms with Crippen molar-refractivity contribution in [3.05, 3.63) is 29.8 Å². The van der Waals surface area contributed by atoms with Gasteiger partial charge in [-0.25, -0.2) is 0 Å². The van der Waals surface area contributed by atoms with E-state index in [1.54, 1.807) is 24.3 Å². The lowest BCUT2D eigenvalue weighted by Gasteiger charge is -2.32. The Hall–Kier alpha value is -2.29. The van der Waals surface area contributed by atoms with Crippen LogP contribution in [-0.2, 0) is 19.1 Å². The monoisotopic (exact) mass is 475 g/mol. The molecule has 2 amide bonds. The highest BCUT2D eigenvalue weighted by atomic mass is 16.5. The molecule has 1 heterocycles. The number of benzene rings is 1. The van der Waals surface area contributed by atoms with Gasteiger partial charge < -0.3 is 25.0 Å². The van der Waals surface area contributed by atoms with Crippen LogP contribution in [-0.4, -0.2) is 74.6 Å². The maximum Gasteiger partial charge on any atom is 0.226 e. The van der Waals surface area contributed by atoms with Gasteiger partial charge in [0.15, 0.2) is 5.78 Å². The van der Waals surface area contributed by atoms with Crippen LogP contribution in [0.15, 0.2) is 24.3 Å². The summed E-state index contributed by atoms with van der Waals surface area (Å²) in [7, 11) is 0. The maximum absolute atomic E-state index is 12.2. The van der Waals surface area contributed by atoms with Gasteiger partial charge in [0.2, 0.25) is 11.8 Å². The molecule has 34 heavy (non-hydrogen) atoms. The number of Topliss-reactive ketones (excluding diaryl/α,β-unsaturated/α-hetero) is 1. The van der Waals surface area contributed by atoms with E-state index in [2.05, 4.69) is 24.5 Å². The average molecular weight is 476 g/mol. The van der Waals surface area contributed by atoms with E-state index in [9.17, 15) is 14.4 Å². The number of piperidine rings is 1. The Morgan fingerprint density at radius 1 is 0.971 bits per heavy atom. The largest absolute Gasteiger partial charge is 0.379 e. The SMILES string of the molecule is CC(=O)c1ccc(NC(=O)CCOCCOCCNC2CCN(C(=O)CCC(C)C)CC2)cc1. The number of likely N-dealkylation sites (tertiary alicyclic amines) is 1. The van der Waals surface area contributed by atoms with Crippen molar-refractivity contribution < 1.29 is 23.9 Å². The zero-order valence-corrected chi connectivity index (χ0v) is 20.9. The first-order valence-electron chi connectivity index (χ1n) is 12.4. The molecule has 190 valence electrons. The number of anilines is 1. The number of ether oxygens (including phenoxy) is 2. The summed E-state index contributed by atoms with van der Waals surface area (Å²) in [6, 6.07) is 7.26. The first-order chi connectivity index (χ1) is 16.3. The van der Waals surface area contributed by atoms with E-state index in [0.717, 1.165) is 38.9 Å².